The highest BCUT2D eigenvalue weighted by atomic mass is 79.9. The third-order valence-electron chi connectivity index (χ3n) is 2.77. The number of nitrogens with zero attached hydrogens (tertiary/aromatic N) is 2. The first kappa shape index (κ1) is 9.24. The van der Waals surface area contributed by atoms with E-state index < -0.39 is 0 Å². The molecule has 4 heteroatoms. The summed E-state index contributed by atoms with van der Waals surface area (Å²) in [5, 5.41) is 4.37. The molecule has 0 bridgehead atoms. The molecule has 1 fully saturated rings. The molecule has 3 rings (SSSR count). The lowest BCUT2D eigenvalue weighted by Crippen LogP contribution is -2.39. The van der Waals surface area contributed by atoms with Gasteiger partial charge in [-0.15, -0.1) is 0 Å². The van der Waals surface area contributed by atoms with Crippen LogP contribution in [0.1, 0.15) is 11.5 Å². The van der Waals surface area contributed by atoms with Crippen molar-refractivity contribution in [2.45, 2.75) is 5.92 Å². The normalized spacial score (nSPS) is 16.6. The molecule has 0 saturated carbocycles. The van der Waals surface area contributed by atoms with Crippen molar-refractivity contribution in [2.24, 2.45) is 0 Å². The second-order valence-corrected chi connectivity index (χ2v) is 4.74. The monoisotopic (exact) mass is 263 g/mol. The fourth-order valence-electron chi connectivity index (χ4n) is 1.76. The van der Waals surface area contributed by atoms with Gasteiger partial charge in [-0.3, -0.25) is 0 Å². The molecule has 15 heavy (non-hydrogen) atoms. The van der Waals surface area contributed by atoms with Gasteiger partial charge < -0.3 is 5.32 Å². The number of aromatic nitrogens is 2. The molecule has 1 N–H and O–H groups in total. The fourth-order valence-corrected chi connectivity index (χ4v) is 2.11. The summed E-state index contributed by atoms with van der Waals surface area (Å²) in [4.78, 5) is 8.62. The van der Waals surface area contributed by atoms with Crippen molar-refractivity contribution >= 4 is 27.0 Å². The number of rotatable bonds is 1. The quantitative estimate of drug-likeness (QED) is 0.856. The first-order valence-electron chi connectivity index (χ1n) is 4.95. The zero-order valence-corrected chi connectivity index (χ0v) is 9.66. The van der Waals surface area contributed by atoms with Crippen LogP contribution in [0.15, 0.2) is 29.0 Å². The van der Waals surface area contributed by atoms with Crippen molar-refractivity contribution in [3.63, 3.8) is 0 Å². The summed E-state index contributed by atoms with van der Waals surface area (Å²) in [5.74, 6) is 0.626. The van der Waals surface area contributed by atoms with E-state index >= 15 is 0 Å². The Morgan fingerprint density at radius 1 is 1.20 bits per heavy atom. The first-order chi connectivity index (χ1) is 7.33. The Morgan fingerprint density at radius 3 is 2.73 bits per heavy atom. The lowest BCUT2D eigenvalue weighted by Gasteiger charge is -2.27. The van der Waals surface area contributed by atoms with E-state index in [1.807, 2.05) is 6.20 Å². The molecule has 1 aliphatic rings. The molecule has 0 amide bonds. The van der Waals surface area contributed by atoms with Crippen molar-refractivity contribution in [1.82, 2.24) is 15.3 Å². The Morgan fingerprint density at radius 2 is 2.00 bits per heavy atom. The van der Waals surface area contributed by atoms with Crippen LogP contribution in [0.4, 0.5) is 0 Å². The van der Waals surface area contributed by atoms with E-state index in [1.165, 1.54) is 5.56 Å². The highest BCUT2D eigenvalue weighted by Crippen LogP contribution is 2.23. The van der Waals surface area contributed by atoms with Gasteiger partial charge in [0.1, 0.15) is 0 Å². The minimum absolute atomic E-state index is 0.626. The third kappa shape index (κ3) is 1.64. The van der Waals surface area contributed by atoms with Crippen LogP contribution in [0.5, 0.6) is 0 Å². The van der Waals surface area contributed by atoms with Crippen molar-refractivity contribution in [3.8, 4) is 0 Å². The topological polar surface area (TPSA) is 37.8 Å². The summed E-state index contributed by atoms with van der Waals surface area (Å²) in [6.45, 7) is 2.13. The number of fused-ring (bicyclic) bond motifs is 1. The maximum Gasteiger partial charge on any atom is 0.159 e. The van der Waals surface area contributed by atoms with E-state index in [0.29, 0.717) is 5.92 Å². The van der Waals surface area contributed by atoms with Gasteiger partial charge in [-0.25, -0.2) is 9.97 Å². The molecule has 2 aromatic heterocycles. The molecular formula is C11H10BrN3. The lowest BCUT2D eigenvalue weighted by atomic mass is 9.95. The predicted octanol–water partition coefficient (Wildman–Crippen LogP) is 2.08. The summed E-state index contributed by atoms with van der Waals surface area (Å²) in [6.07, 6.45) is 3.72. The van der Waals surface area contributed by atoms with Crippen LogP contribution < -0.4 is 5.32 Å². The average Bonchev–Trinajstić information content (AvgIpc) is 2.14. The highest BCUT2D eigenvalue weighted by molar-refractivity contribution is 9.10. The van der Waals surface area contributed by atoms with Gasteiger partial charge in [0.2, 0.25) is 0 Å². The van der Waals surface area contributed by atoms with Crippen molar-refractivity contribution in [2.75, 3.05) is 13.1 Å². The van der Waals surface area contributed by atoms with Crippen LogP contribution in [0, 0.1) is 0 Å². The molecule has 0 radical (unpaired) electrons. The Balaban J connectivity index is 2.11. The number of hydrogen-bond acceptors (Lipinski definition) is 3. The van der Waals surface area contributed by atoms with Gasteiger partial charge in [-0.1, -0.05) is 0 Å². The van der Waals surface area contributed by atoms with Gasteiger partial charge in [0, 0.05) is 41.3 Å². The minimum Gasteiger partial charge on any atom is -0.315 e. The molecular weight excluding hydrogens is 254 g/mol. The summed E-state index contributed by atoms with van der Waals surface area (Å²) < 4.78 is 1.00. The zero-order chi connectivity index (χ0) is 10.3. The van der Waals surface area contributed by atoms with E-state index in [2.05, 4.69) is 43.3 Å². The van der Waals surface area contributed by atoms with Crippen LogP contribution in [-0.2, 0) is 0 Å². The maximum atomic E-state index is 4.37. The minimum atomic E-state index is 0.626. The molecule has 3 heterocycles. The molecule has 0 unspecified atom stereocenters. The Labute approximate surface area is 96.1 Å². The van der Waals surface area contributed by atoms with Crippen LogP contribution >= 0.6 is 15.9 Å². The standard InChI is InChI=1S/C11H10BrN3/c12-10-2-7-1-8(9-3-13-4-9)5-14-11(7)15-6-10/h1-2,5-6,9,13H,3-4H2. The van der Waals surface area contributed by atoms with E-state index in [-0.39, 0.29) is 0 Å². The van der Waals surface area contributed by atoms with E-state index in [1.54, 1.807) is 6.20 Å². The van der Waals surface area contributed by atoms with E-state index in [9.17, 15) is 0 Å². The van der Waals surface area contributed by atoms with Gasteiger partial charge >= 0.3 is 0 Å². The van der Waals surface area contributed by atoms with Gasteiger partial charge in [0.05, 0.1) is 0 Å². The van der Waals surface area contributed by atoms with Crippen molar-refractivity contribution in [1.29, 1.82) is 0 Å². The summed E-state index contributed by atoms with van der Waals surface area (Å²) in [5.41, 5.74) is 2.12. The zero-order valence-electron chi connectivity index (χ0n) is 8.07. The molecule has 3 nitrogen and oxygen atoms in total. The molecule has 1 saturated heterocycles. The maximum absolute atomic E-state index is 4.37. The Kier molecular flexibility index (Phi) is 2.18. The number of pyridine rings is 2. The number of hydrogen-bond donors (Lipinski definition) is 1. The smallest absolute Gasteiger partial charge is 0.159 e. The average molecular weight is 264 g/mol. The Bertz CT molecular complexity index is 508. The molecule has 0 aromatic carbocycles. The SMILES string of the molecule is Brc1cnc2ncc(C3CNC3)cc2c1. The predicted molar refractivity (Wildman–Crippen MR) is 62.8 cm³/mol. The molecule has 0 spiro atoms. The number of halogens is 1. The van der Waals surface area contributed by atoms with Crippen LogP contribution in [0.25, 0.3) is 11.0 Å². The van der Waals surface area contributed by atoms with Gasteiger partial charge in [0.15, 0.2) is 5.65 Å². The second-order valence-electron chi connectivity index (χ2n) is 3.82. The molecule has 0 aliphatic carbocycles. The van der Waals surface area contributed by atoms with Crippen LogP contribution in [0.2, 0.25) is 0 Å². The van der Waals surface area contributed by atoms with E-state index in [0.717, 1.165) is 28.6 Å². The van der Waals surface area contributed by atoms with Crippen molar-refractivity contribution < 1.29 is 0 Å². The summed E-state index contributed by atoms with van der Waals surface area (Å²) in [6, 6.07) is 4.25. The lowest BCUT2D eigenvalue weighted by molar-refractivity contribution is 0.448. The van der Waals surface area contributed by atoms with Gasteiger partial charge in [-0.05, 0) is 33.6 Å². The molecule has 1 aliphatic heterocycles. The highest BCUT2D eigenvalue weighted by Gasteiger charge is 2.19. The first-order valence-corrected chi connectivity index (χ1v) is 5.74. The fraction of sp³-hybridized carbons (Fsp3) is 0.273. The van der Waals surface area contributed by atoms with Gasteiger partial charge in [-0.2, -0.15) is 0 Å². The van der Waals surface area contributed by atoms with Crippen molar-refractivity contribution in [3.05, 3.63) is 34.6 Å². The Hall–Kier alpha value is -1.00. The molecule has 0 atom stereocenters. The summed E-state index contributed by atoms with van der Waals surface area (Å²) in [7, 11) is 0. The van der Waals surface area contributed by atoms with E-state index in [4.69, 9.17) is 0 Å². The largest absolute Gasteiger partial charge is 0.315 e. The third-order valence-corrected chi connectivity index (χ3v) is 3.21. The molecule has 2 aromatic rings. The second kappa shape index (κ2) is 3.54. The van der Waals surface area contributed by atoms with Crippen LogP contribution in [-0.4, -0.2) is 23.1 Å². The number of nitrogens with one attached hydrogen (secondary N) is 1. The molecule has 76 valence electrons. The van der Waals surface area contributed by atoms with Crippen LogP contribution in [0.3, 0.4) is 0 Å². The summed E-state index contributed by atoms with van der Waals surface area (Å²) >= 11 is 3.42. The van der Waals surface area contributed by atoms with Gasteiger partial charge in [0.25, 0.3) is 0 Å².